The maximum atomic E-state index is 14.7. The largest absolute Gasteiger partial charge is 0.396 e. The minimum absolute atomic E-state index is 0.118. The number of halogens is 2. The summed E-state index contributed by atoms with van der Waals surface area (Å²) >= 11 is 10.3. The van der Waals surface area contributed by atoms with Gasteiger partial charge in [0.2, 0.25) is 11.8 Å². The number of ether oxygens (including phenoxy) is 1. The molecule has 218 valence electrons. The summed E-state index contributed by atoms with van der Waals surface area (Å²) in [6, 6.07) is 4.53. The van der Waals surface area contributed by atoms with Crippen molar-refractivity contribution in [2.45, 2.75) is 61.6 Å². The molecule has 1 spiro atoms. The molecule has 0 radical (unpaired) electrons. The van der Waals surface area contributed by atoms with E-state index in [1.165, 1.54) is 0 Å². The average Bonchev–Trinajstić information content (AvgIpc) is 3.50. The third kappa shape index (κ3) is 5.26. The summed E-state index contributed by atoms with van der Waals surface area (Å²) < 4.78 is 6.64. The van der Waals surface area contributed by atoms with E-state index in [9.17, 15) is 19.5 Å². The van der Waals surface area contributed by atoms with Gasteiger partial charge in [-0.2, -0.15) is 0 Å². The van der Waals surface area contributed by atoms with Crippen LogP contribution in [0, 0.1) is 18.8 Å². The molecule has 8 nitrogen and oxygen atoms in total. The molecule has 40 heavy (non-hydrogen) atoms. The third-order valence-electron chi connectivity index (χ3n) is 8.43. The average molecular weight is 637 g/mol. The van der Waals surface area contributed by atoms with Crippen LogP contribution in [0.3, 0.4) is 0 Å². The third-order valence-corrected chi connectivity index (χ3v) is 9.58. The standard InChI is InChI=1S/C30H39BrClN3O5/c1-5-14-33(4)27(37)22-23-28(38)35(16-9-7-8-10-17-36)26(30(23)18-20(31)25(22)40-30)29(39)34(15-6-2)24-19(3)12-11-13-21(24)32/h5-6,11-13,20,22-23,25-26,36H,1-2,7-10,14-18H2,3-4H3/t20?,22-,23-,25-,26?,30?/m0/s1. The first kappa shape index (κ1) is 30.8. The van der Waals surface area contributed by atoms with Gasteiger partial charge >= 0.3 is 0 Å². The zero-order chi connectivity index (χ0) is 29.2. The molecule has 6 atom stereocenters. The first-order chi connectivity index (χ1) is 19.1. The molecule has 1 aromatic rings. The summed E-state index contributed by atoms with van der Waals surface area (Å²) in [6.45, 7) is 10.5. The Labute approximate surface area is 250 Å². The van der Waals surface area contributed by atoms with Gasteiger partial charge in [0.15, 0.2) is 0 Å². The minimum atomic E-state index is -1.15. The Morgan fingerprint density at radius 3 is 2.55 bits per heavy atom. The van der Waals surface area contributed by atoms with Gasteiger partial charge in [0.1, 0.15) is 11.6 Å². The lowest BCUT2D eigenvalue weighted by Crippen LogP contribution is -2.57. The van der Waals surface area contributed by atoms with Gasteiger partial charge in [-0.3, -0.25) is 14.4 Å². The highest BCUT2D eigenvalue weighted by Gasteiger charge is 2.76. The van der Waals surface area contributed by atoms with Crippen molar-refractivity contribution in [1.29, 1.82) is 0 Å². The second kappa shape index (κ2) is 12.8. The van der Waals surface area contributed by atoms with E-state index in [0.29, 0.717) is 43.1 Å². The number of para-hydroxylation sites is 1. The first-order valence-electron chi connectivity index (χ1n) is 13.9. The van der Waals surface area contributed by atoms with Gasteiger partial charge in [0.25, 0.3) is 5.91 Å². The van der Waals surface area contributed by atoms with Crippen molar-refractivity contribution in [3.05, 3.63) is 54.1 Å². The number of likely N-dealkylation sites (N-methyl/N-ethyl adjacent to an activating group) is 1. The molecule has 0 aliphatic carbocycles. The molecule has 1 aromatic carbocycles. The fraction of sp³-hybridized carbons (Fsp3) is 0.567. The van der Waals surface area contributed by atoms with E-state index in [1.54, 1.807) is 40.0 Å². The first-order valence-corrected chi connectivity index (χ1v) is 15.2. The van der Waals surface area contributed by atoms with E-state index in [-0.39, 0.29) is 35.7 Å². The fourth-order valence-electron chi connectivity index (χ4n) is 6.75. The van der Waals surface area contributed by atoms with Gasteiger partial charge in [-0.15, -0.1) is 13.2 Å². The Morgan fingerprint density at radius 2 is 1.90 bits per heavy atom. The smallest absolute Gasteiger partial charge is 0.253 e. The number of carbonyl (C=O) groups excluding carboxylic acids is 3. The van der Waals surface area contributed by atoms with E-state index < -0.39 is 29.6 Å². The Bertz CT molecular complexity index is 1140. The van der Waals surface area contributed by atoms with Crippen molar-refractivity contribution in [2.24, 2.45) is 11.8 Å². The monoisotopic (exact) mass is 635 g/mol. The summed E-state index contributed by atoms with van der Waals surface area (Å²) in [6.07, 6.45) is 6.18. The Kier molecular flexibility index (Phi) is 9.81. The van der Waals surface area contributed by atoms with Gasteiger partial charge in [-0.25, -0.2) is 0 Å². The van der Waals surface area contributed by atoms with Gasteiger partial charge in [0, 0.05) is 38.1 Å². The summed E-state index contributed by atoms with van der Waals surface area (Å²) in [4.78, 5) is 47.2. The predicted molar refractivity (Wildman–Crippen MR) is 160 cm³/mol. The number of unbranched alkanes of at least 4 members (excludes halogenated alkanes) is 3. The number of hydrogen-bond acceptors (Lipinski definition) is 5. The molecule has 3 saturated heterocycles. The summed E-state index contributed by atoms with van der Waals surface area (Å²) in [5.74, 6) is -2.18. The number of rotatable bonds is 13. The zero-order valence-corrected chi connectivity index (χ0v) is 25.6. The number of amides is 3. The summed E-state index contributed by atoms with van der Waals surface area (Å²) in [7, 11) is 1.69. The lowest BCUT2D eigenvalue weighted by Gasteiger charge is -2.37. The molecule has 2 bridgehead atoms. The molecule has 3 amide bonds. The number of alkyl halides is 1. The van der Waals surface area contributed by atoms with Gasteiger partial charge in [-0.05, 0) is 37.8 Å². The second-order valence-electron chi connectivity index (χ2n) is 11.0. The molecule has 3 aliphatic heterocycles. The van der Waals surface area contributed by atoms with Gasteiger partial charge in [0.05, 0.1) is 28.6 Å². The molecule has 3 unspecified atom stereocenters. The normalized spacial score (nSPS) is 28.5. The Morgan fingerprint density at radius 1 is 1.20 bits per heavy atom. The van der Waals surface area contributed by atoms with E-state index >= 15 is 0 Å². The van der Waals surface area contributed by atoms with Crippen molar-refractivity contribution in [1.82, 2.24) is 9.80 Å². The Hall–Kier alpha value is -2.20. The summed E-state index contributed by atoms with van der Waals surface area (Å²) in [5, 5.41) is 9.60. The molecule has 3 fully saturated rings. The maximum absolute atomic E-state index is 14.7. The molecular formula is C30H39BrClN3O5. The molecule has 0 aromatic heterocycles. The van der Waals surface area contributed by atoms with Crippen molar-refractivity contribution in [2.75, 3.05) is 38.2 Å². The van der Waals surface area contributed by atoms with Crippen LogP contribution in [0.15, 0.2) is 43.5 Å². The van der Waals surface area contributed by atoms with Crippen LogP contribution in [-0.4, -0.2) is 88.5 Å². The number of likely N-dealkylation sites (tertiary alicyclic amines) is 1. The van der Waals surface area contributed by atoms with Crippen molar-refractivity contribution in [3.8, 4) is 0 Å². The van der Waals surface area contributed by atoms with Gasteiger partial charge < -0.3 is 24.5 Å². The quantitative estimate of drug-likeness (QED) is 0.200. The highest BCUT2D eigenvalue weighted by atomic mass is 79.9. The van der Waals surface area contributed by atoms with Crippen LogP contribution < -0.4 is 4.90 Å². The minimum Gasteiger partial charge on any atom is -0.396 e. The SMILES string of the molecule is C=CCN(C)C(=O)[C@H]1[C@H]2C(=O)N(CCCCCCO)C(C(=O)N(CC=C)c3c(C)cccc3Cl)C23CC(Br)[C@@H]1O3. The van der Waals surface area contributed by atoms with Crippen molar-refractivity contribution in [3.63, 3.8) is 0 Å². The number of anilines is 1. The highest BCUT2D eigenvalue weighted by molar-refractivity contribution is 9.09. The molecule has 3 aliphatic rings. The topological polar surface area (TPSA) is 90.4 Å². The second-order valence-corrected chi connectivity index (χ2v) is 12.6. The van der Waals surface area contributed by atoms with Crippen LogP contribution in [0.25, 0.3) is 0 Å². The van der Waals surface area contributed by atoms with Crippen LogP contribution in [0.4, 0.5) is 5.69 Å². The van der Waals surface area contributed by atoms with Crippen LogP contribution in [0.2, 0.25) is 5.02 Å². The number of fused-ring (bicyclic) bond motifs is 1. The number of aliphatic hydroxyl groups is 1. The van der Waals surface area contributed by atoms with Crippen molar-refractivity contribution < 1.29 is 24.2 Å². The maximum Gasteiger partial charge on any atom is 0.253 e. The van der Waals surface area contributed by atoms with Crippen LogP contribution in [-0.2, 0) is 19.1 Å². The zero-order valence-electron chi connectivity index (χ0n) is 23.2. The number of aryl methyl sites for hydroxylation is 1. The number of aliphatic hydroxyl groups excluding tert-OH is 1. The predicted octanol–water partition coefficient (Wildman–Crippen LogP) is 4.11. The molecule has 1 N–H and O–H groups in total. The van der Waals surface area contributed by atoms with E-state index in [2.05, 4.69) is 29.1 Å². The van der Waals surface area contributed by atoms with Crippen molar-refractivity contribution >= 4 is 50.9 Å². The fourth-order valence-corrected chi connectivity index (χ4v) is 8.02. The van der Waals surface area contributed by atoms with E-state index in [1.807, 2.05) is 19.1 Å². The lowest BCUT2D eigenvalue weighted by atomic mass is 9.70. The number of hydrogen-bond donors (Lipinski definition) is 1. The summed E-state index contributed by atoms with van der Waals surface area (Å²) in [5.41, 5.74) is 0.249. The number of nitrogens with zero attached hydrogens (tertiary/aromatic N) is 3. The molecular weight excluding hydrogens is 598 g/mol. The number of carbonyl (C=O) groups is 3. The van der Waals surface area contributed by atoms with E-state index in [0.717, 1.165) is 18.4 Å². The molecule has 4 rings (SSSR count). The van der Waals surface area contributed by atoms with Crippen LogP contribution >= 0.6 is 27.5 Å². The lowest BCUT2D eigenvalue weighted by molar-refractivity contribution is -0.144. The molecule has 3 heterocycles. The highest BCUT2D eigenvalue weighted by Crippen LogP contribution is 2.60. The van der Waals surface area contributed by atoms with Crippen LogP contribution in [0.1, 0.15) is 37.7 Å². The van der Waals surface area contributed by atoms with Crippen LogP contribution in [0.5, 0.6) is 0 Å². The van der Waals surface area contributed by atoms with Gasteiger partial charge in [-0.1, -0.05) is 64.7 Å². The number of benzene rings is 1. The van der Waals surface area contributed by atoms with E-state index in [4.69, 9.17) is 16.3 Å². The Balaban J connectivity index is 1.77. The molecule has 0 saturated carbocycles. The molecule has 10 heteroatoms.